The topological polar surface area (TPSA) is 42.9 Å². The molecule has 1 heterocycles. The number of aromatic nitrogens is 2. The van der Waals surface area contributed by atoms with Crippen molar-refractivity contribution < 1.29 is 4.79 Å². The number of carbonyl (C=O) groups is 1. The van der Waals surface area contributed by atoms with Crippen molar-refractivity contribution in [1.29, 1.82) is 0 Å². The second kappa shape index (κ2) is 3.52. The predicted molar refractivity (Wildman–Crippen MR) is 54.7 cm³/mol. The number of hydrogen-bond acceptors (Lipinski definition) is 3. The van der Waals surface area contributed by atoms with Crippen LogP contribution in [0.2, 0.25) is 5.02 Å². The molecule has 1 aromatic carbocycles. The van der Waals surface area contributed by atoms with Crippen molar-refractivity contribution in [2.24, 2.45) is 0 Å². The molecular formula is C9H4Cl2N2O. The van der Waals surface area contributed by atoms with Gasteiger partial charge in [0, 0.05) is 5.02 Å². The first-order valence-corrected chi connectivity index (χ1v) is 4.54. The lowest BCUT2D eigenvalue weighted by Gasteiger charge is -1.98. The van der Waals surface area contributed by atoms with E-state index in [9.17, 15) is 4.79 Å². The molecule has 0 atom stereocenters. The number of hydrogen-bond donors (Lipinski definition) is 0. The maximum Gasteiger partial charge on any atom is 0.272 e. The summed E-state index contributed by atoms with van der Waals surface area (Å²) in [6.07, 6.45) is 1.34. The van der Waals surface area contributed by atoms with E-state index in [0.29, 0.717) is 16.1 Å². The van der Waals surface area contributed by atoms with Crippen LogP contribution in [0.5, 0.6) is 0 Å². The van der Waals surface area contributed by atoms with Crippen molar-refractivity contribution >= 4 is 39.5 Å². The summed E-state index contributed by atoms with van der Waals surface area (Å²) in [7, 11) is 0. The lowest BCUT2D eigenvalue weighted by molar-refractivity contribution is 0.107. The van der Waals surface area contributed by atoms with Crippen LogP contribution in [0.25, 0.3) is 11.0 Å². The van der Waals surface area contributed by atoms with Gasteiger partial charge in [-0.05, 0) is 29.8 Å². The van der Waals surface area contributed by atoms with E-state index in [1.165, 1.54) is 6.20 Å². The molecule has 0 amide bonds. The van der Waals surface area contributed by atoms with Crippen LogP contribution in [0.3, 0.4) is 0 Å². The summed E-state index contributed by atoms with van der Waals surface area (Å²) < 4.78 is 0. The van der Waals surface area contributed by atoms with Gasteiger partial charge in [0.05, 0.1) is 17.2 Å². The van der Waals surface area contributed by atoms with E-state index in [4.69, 9.17) is 23.2 Å². The number of carbonyl (C=O) groups excluding carboxylic acids is 1. The highest BCUT2D eigenvalue weighted by Crippen LogP contribution is 2.16. The molecule has 3 nitrogen and oxygen atoms in total. The van der Waals surface area contributed by atoms with Gasteiger partial charge < -0.3 is 0 Å². The number of nitrogens with zero attached hydrogens (tertiary/aromatic N) is 2. The third kappa shape index (κ3) is 1.69. The smallest absolute Gasteiger partial charge is 0.272 e. The van der Waals surface area contributed by atoms with Gasteiger partial charge in [-0.15, -0.1) is 0 Å². The molecule has 0 saturated heterocycles. The van der Waals surface area contributed by atoms with Gasteiger partial charge in [0.1, 0.15) is 5.69 Å². The predicted octanol–water partition coefficient (Wildman–Crippen LogP) is 2.66. The Hall–Kier alpha value is -1.19. The van der Waals surface area contributed by atoms with Crippen LogP contribution >= 0.6 is 23.2 Å². The monoisotopic (exact) mass is 226 g/mol. The van der Waals surface area contributed by atoms with Crippen LogP contribution in [0.4, 0.5) is 0 Å². The van der Waals surface area contributed by atoms with E-state index in [0.717, 1.165) is 0 Å². The van der Waals surface area contributed by atoms with Crippen molar-refractivity contribution in [3.63, 3.8) is 0 Å². The average Bonchev–Trinajstić information content (AvgIpc) is 2.16. The molecule has 0 aliphatic heterocycles. The number of fused-ring (bicyclic) bond motifs is 1. The minimum Gasteiger partial charge on any atom is -0.274 e. The normalized spacial score (nSPS) is 10.4. The number of benzene rings is 1. The fourth-order valence-electron chi connectivity index (χ4n) is 1.08. The lowest BCUT2D eigenvalue weighted by atomic mass is 10.3. The maximum atomic E-state index is 10.8. The van der Waals surface area contributed by atoms with Crippen LogP contribution in [-0.4, -0.2) is 15.2 Å². The Bertz CT molecular complexity index is 513. The molecule has 0 aliphatic carbocycles. The van der Waals surface area contributed by atoms with Gasteiger partial charge in [-0.2, -0.15) is 0 Å². The Morgan fingerprint density at radius 3 is 2.79 bits per heavy atom. The second-order valence-corrected chi connectivity index (χ2v) is 3.44. The lowest BCUT2D eigenvalue weighted by Crippen LogP contribution is -1.95. The summed E-state index contributed by atoms with van der Waals surface area (Å²) in [6, 6.07) is 5.07. The van der Waals surface area contributed by atoms with Gasteiger partial charge >= 0.3 is 0 Å². The van der Waals surface area contributed by atoms with E-state index in [-0.39, 0.29) is 5.69 Å². The van der Waals surface area contributed by atoms with Gasteiger partial charge in [0.25, 0.3) is 5.24 Å². The molecule has 14 heavy (non-hydrogen) atoms. The molecule has 0 aliphatic rings. The fourth-order valence-corrected chi connectivity index (χ4v) is 1.34. The highest BCUT2D eigenvalue weighted by atomic mass is 35.5. The van der Waals surface area contributed by atoms with Crippen molar-refractivity contribution in [3.05, 3.63) is 35.1 Å². The molecule has 0 unspecified atom stereocenters. The van der Waals surface area contributed by atoms with E-state index < -0.39 is 5.24 Å². The molecule has 0 spiro atoms. The maximum absolute atomic E-state index is 10.8. The SMILES string of the molecule is O=C(Cl)c1cnc2ccc(Cl)cc2n1. The summed E-state index contributed by atoms with van der Waals surface area (Å²) in [5, 5.41) is -0.0784. The van der Waals surface area contributed by atoms with E-state index in [2.05, 4.69) is 9.97 Å². The molecule has 0 radical (unpaired) electrons. The molecule has 70 valence electrons. The van der Waals surface area contributed by atoms with Crippen LogP contribution in [0, 0.1) is 0 Å². The highest BCUT2D eigenvalue weighted by Gasteiger charge is 2.05. The van der Waals surface area contributed by atoms with Crippen LogP contribution < -0.4 is 0 Å². The highest BCUT2D eigenvalue weighted by molar-refractivity contribution is 6.67. The third-order valence-corrected chi connectivity index (χ3v) is 2.13. The summed E-state index contributed by atoms with van der Waals surface area (Å²) in [5.74, 6) is 0. The van der Waals surface area contributed by atoms with Gasteiger partial charge in [-0.3, -0.25) is 9.78 Å². The molecule has 0 fully saturated rings. The molecule has 0 saturated carbocycles. The van der Waals surface area contributed by atoms with Crippen LogP contribution in [0.1, 0.15) is 10.5 Å². The van der Waals surface area contributed by atoms with Crippen molar-refractivity contribution in [2.75, 3.05) is 0 Å². The van der Waals surface area contributed by atoms with E-state index >= 15 is 0 Å². The largest absolute Gasteiger partial charge is 0.274 e. The summed E-state index contributed by atoms with van der Waals surface area (Å²) in [5.41, 5.74) is 1.36. The molecule has 0 bridgehead atoms. The minimum atomic E-state index is -0.626. The molecule has 5 heteroatoms. The molecular weight excluding hydrogens is 223 g/mol. The van der Waals surface area contributed by atoms with Gasteiger partial charge in [-0.1, -0.05) is 11.6 Å². The Morgan fingerprint density at radius 1 is 1.29 bits per heavy atom. The molecule has 1 aromatic heterocycles. The quantitative estimate of drug-likeness (QED) is 0.703. The van der Waals surface area contributed by atoms with E-state index in [1.807, 2.05) is 0 Å². The zero-order chi connectivity index (χ0) is 10.1. The zero-order valence-corrected chi connectivity index (χ0v) is 8.38. The standard InChI is InChI=1S/C9H4Cl2N2O/c10-5-1-2-6-7(3-5)13-8(4-12-6)9(11)14/h1-4H. The first kappa shape index (κ1) is 9.37. The summed E-state index contributed by atoms with van der Waals surface area (Å²) >= 11 is 11.0. The first-order valence-electron chi connectivity index (χ1n) is 3.79. The van der Waals surface area contributed by atoms with Crippen molar-refractivity contribution in [2.45, 2.75) is 0 Å². The minimum absolute atomic E-state index is 0.126. The van der Waals surface area contributed by atoms with Crippen molar-refractivity contribution in [3.8, 4) is 0 Å². The fraction of sp³-hybridized carbons (Fsp3) is 0. The third-order valence-electron chi connectivity index (χ3n) is 1.71. The zero-order valence-electron chi connectivity index (χ0n) is 6.87. The molecule has 0 N–H and O–H groups in total. The summed E-state index contributed by atoms with van der Waals surface area (Å²) in [4.78, 5) is 18.8. The summed E-state index contributed by atoms with van der Waals surface area (Å²) in [6.45, 7) is 0. The van der Waals surface area contributed by atoms with Gasteiger partial charge in [0.2, 0.25) is 0 Å². The number of halogens is 2. The van der Waals surface area contributed by atoms with Crippen molar-refractivity contribution in [1.82, 2.24) is 9.97 Å². The first-order chi connectivity index (χ1) is 6.66. The van der Waals surface area contributed by atoms with Crippen LogP contribution in [-0.2, 0) is 0 Å². The number of rotatable bonds is 1. The Kier molecular flexibility index (Phi) is 2.35. The molecule has 2 aromatic rings. The van der Waals surface area contributed by atoms with Crippen LogP contribution in [0.15, 0.2) is 24.4 Å². The molecule has 2 rings (SSSR count). The Morgan fingerprint density at radius 2 is 2.07 bits per heavy atom. The van der Waals surface area contributed by atoms with Gasteiger partial charge in [-0.25, -0.2) is 4.98 Å². The average molecular weight is 227 g/mol. The van der Waals surface area contributed by atoms with E-state index in [1.54, 1.807) is 18.2 Å². The Labute approximate surface area is 89.7 Å². The Balaban J connectivity index is 2.69. The second-order valence-electron chi connectivity index (χ2n) is 2.66. The van der Waals surface area contributed by atoms with Gasteiger partial charge in [0.15, 0.2) is 0 Å².